The number of hydrogen-bond donors (Lipinski definition) is 3. The first-order valence-corrected chi connectivity index (χ1v) is 7.19. The molecule has 0 aliphatic carbocycles. The van der Waals surface area contributed by atoms with E-state index in [1.807, 2.05) is 0 Å². The average Bonchev–Trinajstić information content (AvgIpc) is 2.50. The maximum Gasteiger partial charge on any atom is 0.417 e. The summed E-state index contributed by atoms with van der Waals surface area (Å²) in [5.74, 6) is -0.420. The lowest BCUT2D eigenvalue weighted by molar-refractivity contribution is -0.137. The highest BCUT2D eigenvalue weighted by Crippen LogP contribution is 2.33. The van der Waals surface area contributed by atoms with Crippen molar-refractivity contribution in [2.45, 2.75) is 25.6 Å². The number of halogens is 3. The lowest BCUT2D eigenvalue weighted by atomic mass is 9.94. The molecule has 3 amide bonds. The Balaban J connectivity index is 2.12. The van der Waals surface area contributed by atoms with Crippen LogP contribution < -0.4 is 16.0 Å². The van der Waals surface area contributed by atoms with Crippen LogP contribution in [0.5, 0.6) is 0 Å². The van der Waals surface area contributed by atoms with E-state index in [9.17, 15) is 22.8 Å². The molecule has 0 unspecified atom stereocenters. The number of carbonyl (C=O) groups is 2. The zero-order valence-corrected chi connectivity index (χ0v) is 12.7. The van der Waals surface area contributed by atoms with Gasteiger partial charge in [0, 0.05) is 12.2 Å². The monoisotopic (exact) mass is 340 g/mol. The van der Waals surface area contributed by atoms with E-state index < -0.39 is 29.4 Å². The van der Waals surface area contributed by atoms with Gasteiger partial charge in [0.25, 0.3) is 0 Å². The SMILES string of the molecule is C[C@H]1CCNC(=O)[C@H]1NC(=O)Nc1ccc(C#N)c(C(F)(F)F)c1. The van der Waals surface area contributed by atoms with E-state index in [2.05, 4.69) is 16.0 Å². The Hall–Kier alpha value is -2.76. The number of nitriles is 1. The quantitative estimate of drug-likeness (QED) is 0.770. The molecule has 1 aromatic rings. The summed E-state index contributed by atoms with van der Waals surface area (Å²) in [6, 6.07) is 2.77. The van der Waals surface area contributed by atoms with Gasteiger partial charge in [0.05, 0.1) is 17.2 Å². The fourth-order valence-electron chi connectivity index (χ4n) is 2.43. The van der Waals surface area contributed by atoms with Gasteiger partial charge in [0.1, 0.15) is 6.04 Å². The number of carbonyl (C=O) groups excluding carboxylic acids is 2. The molecule has 1 saturated heterocycles. The molecule has 0 bridgehead atoms. The molecule has 2 rings (SSSR count). The summed E-state index contributed by atoms with van der Waals surface area (Å²) in [5, 5.41) is 16.0. The van der Waals surface area contributed by atoms with Crippen molar-refractivity contribution in [2.75, 3.05) is 11.9 Å². The summed E-state index contributed by atoms with van der Waals surface area (Å²) in [4.78, 5) is 23.7. The standard InChI is InChI=1S/C15H15F3N4O2/c1-8-4-5-20-13(23)12(8)22-14(24)21-10-3-2-9(7-19)11(6-10)15(16,17)18/h2-3,6,8,12H,4-5H2,1H3,(H,20,23)(H2,21,22,24)/t8-,12-/m0/s1. The zero-order valence-electron chi connectivity index (χ0n) is 12.7. The highest BCUT2D eigenvalue weighted by atomic mass is 19.4. The molecule has 0 radical (unpaired) electrons. The molecule has 128 valence electrons. The topological polar surface area (TPSA) is 94.0 Å². The predicted molar refractivity (Wildman–Crippen MR) is 78.9 cm³/mol. The third-order valence-corrected chi connectivity index (χ3v) is 3.74. The highest BCUT2D eigenvalue weighted by Gasteiger charge is 2.34. The minimum absolute atomic E-state index is 0.0869. The molecule has 1 fully saturated rings. The van der Waals surface area contributed by atoms with Crippen LogP contribution in [0.2, 0.25) is 0 Å². The number of urea groups is 1. The number of amides is 3. The number of benzene rings is 1. The summed E-state index contributed by atoms with van der Waals surface area (Å²) in [7, 11) is 0. The second-order valence-corrected chi connectivity index (χ2v) is 5.50. The van der Waals surface area contributed by atoms with Crippen LogP contribution in [0, 0.1) is 17.2 Å². The van der Waals surface area contributed by atoms with Crippen molar-refractivity contribution in [2.24, 2.45) is 5.92 Å². The van der Waals surface area contributed by atoms with E-state index in [1.54, 1.807) is 6.92 Å². The van der Waals surface area contributed by atoms with Crippen LogP contribution in [0.3, 0.4) is 0 Å². The largest absolute Gasteiger partial charge is 0.417 e. The predicted octanol–water partition coefficient (Wildman–Crippen LogP) is 2.22. The van der Waals surface area contributed by atoms with Gasteiger partial charge in [-0.05, 0) is 30.5 Å². The van der Waals surface area contributed by atoms with E-state index in [0.717, 1.165) is 6.07 Å². The first-order chi connectivity index (χ1) is 11.2. The Morgan fingerprint density at radius 2 is 2.12 bits per heavy atom. The number of hydrogen-bond acceptors (Lipinski definition) is 3. The van der Waals surface area contributed by atoms with Gasteiger partial charge in [-0.3, -0.25) is 4.79 Å². The van der Waals surface area contributed by atoms with Crippen molar-refractivity contribution in [3.8, 4) is 6.07 Å². The van der Waals surface area contributed by atoms with Crippen LogP contribution in [-0.2, 0) is 11.0 Å². The molecular weight excluding hydrogens is 325 g/mol. The summed E-state index contributed by atoms with van der Waals surface area (Å²) < 4.78 is 38.7. The molecule has 1 aliphatic heterocycles. The lowest BCUT2D eigenvalue weighted by Crippen LogP contribution is -2.55. The van der Waals surface area contributed by atoms with Crippen LogP contribution in [0.1, 0.15) is 24.5 Å². The summed E-state index contributed by atoms with van der Waals surface area (Å²) >= 11 is 0. The van der Waals surface area contributed by atoms with Crippen LogP contribution in [0.25, 0.3) is 0 Å². The molecule has 1 heterocycles. The highest BCUT2D eigenvalue weighted by molar-refractivity contribution is 5.94. The van der Waals surface area contributed by atoms with Gasteiger partial charge in [-0.15, -0.1) is 0 Å². The van der Waals surface area contributed by atoms with Crippen molar-refractivity contribution in [1.29, 1.82) is 5.26 Å². The Labute approximate surface area is 136 Å². The Morgan fingerprint density at radius 1 is 1.42 bits per heavy atom. The second kappa shape index (κ2) is 6.78. The average molecular weight is 340 g/mol. The molecule has 6 nitrogen and oxygen atoms in total. The smallest absolute Gasteiger partial charge is 0.354 e. The fraction of sp³-hybridized carbons (Fsp3) is 0.400. The number of alkyl halides is 3. The maximum absolute atomic E-state index is 12.9. The third kappa shape index (κ3) is 3.95. The van der Waals surface area contributed by atoms with Crippen molar-refractivity contribution in [1.82, 2.24) is 10.6 Å². The Morgan fingerprint density at radius 3 is 2.71 bits per heavy atom. The van der Waals surface area contributed by atoms with Crippen molar-refractivity contribution < 1.29 is 22.8 Å². The molecule has 9 heteroatoms. The van der Waals surface area contributed by atoms with E-state index in [4.69, 9.17) is 5.26 Å². The number of nitrogens with one attached hydrogen (secondary N) is 3. The van der Waals surface area contributed by atoms with Gasteiger partial charge in [0.15, 0.2) is 0 Å². The molecule has 0 aromatic heterocycles. The van der Waals surface area contributed by atoms with E-state index in [0.29, 0.717) is 19.0 Å². The molecule has 0 spiro atoms. The molecule has 1 aromatic carbocycles. The van der Waals surface area contributed by atoms with Crippen LogP contribution >= 0.6 is 0 Å². The Kier molecular flexibility index (Phi) is 4.97. The van der Waals surface area contributed by atoms with Crippen LogP contribution in [0.15, 0.2) is 18.2 Å². The fourth-order valence-corrected chi connectivity index (χ4v) is 2.43. The minimum atomic E-state index is -4.71. The number of nitrogens with zero attached hydrogens (tertiary/aromatic N) is 1. The molecule has 3 N–H and O–H groups in total. The van der Waals surface area contributed by atoms with Crippen LogP contribution in [-0.4, -0.2) is 24.5 Å². The number of anilines is 1. The van der Waals surface area contributed by atoms with Gasteiger partial charge in [0.2, 0.25) is 5.91 Å². The number of piperidine rings is 1. The van der Waals surface area contributed by atoms with E-state index in [1.165, 1.54) is 12.1 Å². The zero-order chi connectivity index (χ0) is 17.9. The molecular formula is C15H15F3N4O2. The van der Waals surface area contributed by atoms with E-state index >= 15 is 0 Å². The maximum atomic E-state index is 12.9. The lowest BCUT2D eigenvalue weighted by Gasteiger charge is -2.29. The van der Waals surface area contributed by atoms with Crippen molar-refractivity contribution in [3.05, 3.63) is 29.3 Å². The first kappa shape index (κ1) is 17.6. The van der Waals surface area contributed by atoms with Gasteiger partial charge < -0.3 is 16.0 Å². The van der Waals surface area contributed by atoms with Crippen molar-refractivity contribution in [3.63, 3.8) is 0 Å². The van der Waals surface area contributed by atoms with Gasteiger partial charge in [-0.2, -0.15) is 18.4 Å². The summed E-state index contributed by atoms with van der Waals surface area (Å²) in [6.45, 7) is 2.32. The van der Waals surface area contributed by atoms with Crippen LogP contribution in [0.4, 0.5) is 23.7 Å². The van der Waals surface area contributed by atoms with Crippen molar-refractivity contribution >= 4 is 17.6 Å². The van der Waals surface area contributed by atoms with Gasteiger partial charge >= 0.3 is 12.2 Å². The Bertz CT molecular complexity index is 697. The van der Waals surface area contributed by atoms with Gasteiger partial charge in [-0.25, -0.2) is 4.79 Å². The molecule has 24 heavy (non-hydrogen) atoms. The molecule has 2 atom stereocenters. The molecule has 0 saturated carbocycles. The van der Waals surface area contributed by atoms with E-state index in [-0.39, 0.29) is 17.5 Å². The minimum Gasteiger partial charge on any atom is -0.354 e. The second-order valence-electron chi connectivity index (χ2n) is 5.50. The third-order valence-electron chi connectivity index (χ3n) is 3.74. The molecule has 1 aliphatic rings. The first-order valence-electron chi connectivity index (χ1n) is 7.19. The number of rotatable bonds is 2. The summed E-state index contributed by atoms with van der Waals surface area (Å²) in [5.41, 5.74) is -1.79. The normalized spacial score (nSPS) is 20.7. The summed E-state index contributed by atoms with van der Waals surface area (Å²) in [6.07, 6.45) is -4.03. The van der Waals surface area contributed by atoms with Gasteiger partial charge in [-0.1, -0.05) is 6.92 Å².